The number of phenolic OH excluding ortho intramolecular Hbond substituents is 1. The second kappa shape index (κ2) is 4.32. The third-order valence-electron chi connectivity index (χ3n) is 2.80. The van der Waals surface area contributed by atoms with Crippen molar-refractivity contribution in [3.05, 3.63) is 42.5 Å². The molecule has 6 nitrogen and oxygen atoms in total. The SMILES string of the molecule is O=S(=O)(O)c1cccc(-c2nc3ccccc3o2)c1O. The Balaban J connectivity index is 2.24. The first-order valence-electron chi connectivity index (χ1n) is 5.62. The molecule has 7 heteroatoms. The van der Waals surface area contributed by atoms with Crippen LogP contribution in [0.25, 0.3) is 22.6 Å². The average Bonchev–Trinajstić information content (AvgIpc) is 2.81. The number of aromatic nitrogens is 1. The second-order valence-corrected chi connectivity index (χ2v) is 5.50. The van der Waals surface area contributed by atoms with E-state index in [1.165, 1.54) is 12.1 Å². The Labute approximate surface area is 114 Å². The Kier molecular flexibility index (Phi) is 2.73. The average molecular weight is 291 g/mol. The van der Waals surface area contributed by atoms with E-state index in [-0.39, 0.29) is 11.5 Å². The predicted octanol–water partition coefficient (Wildman–Crippen LogP) is 2.45. The number of para-hydroxylation sites is 3. The minimum absolute atomic E-state index is 0.0780. The van der Waals surface area contributed by atoms with E-state index in [0.717, 1.165) is 6.07 Å². The molecule has 0 saturated carbocycles. The summed E-state index contributed by atoms with van der Waals surface area (Å²) in [4.78, 5) is 3.58. The molecule has 0 amide bonds. The summed E-state index contributed by atoms with van der Waals surface area (Å²) in [5.74, 6) is -0.518. The van der Waals surface area contributed by atoms with E-state index in [4.69, 9.17) is 8.97 Å². The number of rotatable bonds is 2. The predicted molar refractivity (Wildman–Crippen MR) is 70.9 cm³/mol. The fraction of sp³-hybridized carbons (Fsp3) is 0. The first-order chi connectivity index (χ1) is 9.47. The van der Waals surface area contributed by atoms with E-state index in [0.29, 0.717) is 11.1 Å². The van der Waals surface area contributed by atoms with Gasteiger partial charge in [-0.25, -0.2) is 4.98 Å². The van der Waals surface area contributed by atoms with Gasteiger partial charge in [-0.05, 0) is 24.3 Å². The van der Waals surface area contributed by atoms with Gasteiger partial charge in [-0.15, -0.1) is 0 Å². The van der Waals surface area contributed by atoms with Crippen LogP contribution in [0, 0.1) is 0 Å². The molecule has 0 unspecified atom stereocenters. The van der Waals surface area contributed by atoms with Crippen molar-refractivity contribution < 1.29 is 22.5 Å². The van der Waals surface area contributed by atoms with Crippen molar-refractivity contribution in [3.8, 4) is 17.2 Å². The Bertz CT molecular complexity index is 865. The van der Waals surface area contributed by atoms with Gasteiger partial charge < -0.3 is 9.52 Å². The van der Waals surface area contributed by atoms with Gasteiger partial charge in [-0.2, -0.15) is 8.42 Å². The van der Waals surface area contributed by atoms with Gasteiger partial charge >= 0.3 is 0 Å². The van der Waals surface area contributed by atoms with Gasteiger partial charge in [0.1, 0.15) is 16.2 Å². The molecule has 3 aromatic rings. The van der Waals surface area contributed by atoms with Crippen molar-refractivity contribution in [3.63, 3.8) is 0 Å². The number of hydrogen-bond acceptors (Lipinski definition) is 5. The molecule has 102 valence electrons. The van der Waals surface area contributed by atoms with Gasteiger partial charge in [0, 0.05) is 0 Å². The van der Waals surface area contributed by atoms with Crippen LogP contribution in [0.4, 0.5) is 0 Å². The Morgan fingerprint density at radius 2 is 1.80 bits per heavy atom. The standard InChI is InChI=1S/C13H9NO5S/c15-12-8(4-3-7-11(12)20(16,17)18)13-14-9-5-1-2-6-10(9)19-13/h1-7,15H,(H,16,17,18). The zero-order valence-electron chi connectivity index (χ0n) is 10.0. The molecular formula is C13H9NO5S. The van der Waals surface area contributed by atoms with Crippen molar-refractivity contribution in [1.29, 1.82) is 0 Å². The number of nitrogens with zero attached hydrogens (tertiary/aromatic N) is 1. The monoisotopic (exact) mass is 291 g/mol. The molecule has 0 fully saturated rings. The van der Waals surface area contributed by atoms with Crippen molar-refractivity contribution in [2.75, 3.05) is 0 Å². The highest BCUT2D eigenvalue weighted by molar-refractivity contribution is 7.86. The van der Waals surface area contributed by atoms with Gasteiger partial charge in [-0.3, -0.25) is 4.55 Å². The highest BCUT2D eigenvalue weighted by Gasteiger charge is 2.21. The number of oxazole rings is 1. The highest BCUT2D eigenvalue weighted by atomic mass is 32.2. The van der Waals surface area contributed by atoms with E-state index in [2.05, 4.69) is 4.98 Å². The van der Waals surface area contributed by atoms with Crippen LogP contribution >= 0.6 is 0 Å². The topological polar surface area (TPSA) is 101 Å². The fourth-order valence-corrected chi connectivity index (χ4v) is 2.50. The first kappa shape index (κ1) is 12.6. The minimum atomic E-state index is -4.51. The molecule has 0 spiro atoms. The van der Waals surface area contributed by atoms with Gasteiger partial charge in [0.05, 0.1) is 5.56 Å². The number of fused-ring (bicyclic) bond motifs is 1. The van der Waals surface area contributed by atoms with Crippen LogP contribution in [0.2, 0.25) is 0 Å². The number of hydrogen-bond donors (Lipinski definition) is 2. The van der Waals surface area contributed by atoms with E-state index in [1.807, 2.05) is 0 Å². The summed E-state index contributed by atoms with van der Waals surface area (Å²) in [6, 6.07) is 10.9. The zero-order valence-corrected chi connectivity index (χ0v) is 10.8. The lowest BCUT2D eigenvalue weighted by molar-refractivity contribution is 0.443. The lowest BCUT2D eigenvalue weighted by Crippen LogP contribution is -1.99. The van der Waals surface area contributed by atoms with Gasteiger partial charge in [0.15, 0.2) is 5.58 Å². The van der Waals surface area contributed by atoms with Crippen LogP contribution in [0.1, 0.15) is 0 Å². The van der Waals surface area contributed by atoms with Crippen LogP contribution in [0.3, 0.4) is 0 Å². The quantitative estimate of drug-likeness (QED) is 0.703. The smallest absolute Gasteiger partial charge is 0.298 e. The zero-order chi connectivity index (χ0) is 14.3. The van der Waals surface area contributed by atoms with Crippen molar-refractivity contribution >= 4 is 21.2 Å². The number of benzene rings is 2. The van der Waals surface area contributed by atoms with Gasteiger partial charge in [0.2, 0.25) is 5.89 Å². The summed E-state index contributed by atoms with van der Waals surface area (Å²) in [5.41, 5.74) is 1.19. The summed E-state index contributed by atoms with van der Waals surface area (Å²) < 4.78 is 36.8. The molecule has 1 aromatic heterocycles. The Morgan fingerprint density at radius 1 is 1.05 bits per heavy atom. The molecule has 0 atom stereocenters. The molecule has 0 aliphatic rings. The molecule has 3 rings (SSSR count). The third-order valence-corrected chi connectivity index (χ3v) is 3.69. The van der Waals surface area contributed by atoms with Gasteiger partial charge in [0.25, 0.3) is 10.1 Å². The molecule has 20 heavy (non-hydrogen) atoms. The molecule has 0 bridgehead atoms. The maximum absolute atomic E-state index is 11.2. The van der Waals surface area contributed by atoms with Crippen molar-refractivity contribution in [2.45, 2.75) is 4.90 Å². The largest absolute Gasteiger partial charge is 0.506 e. The minimum Gasteiger partial charge on any atom is -0.506 e. The molecule has 2 N–H and O–H groups in total. The molecule has 1 heterocycles. The lowest BCUT2D eigenvalue weighted by atomic mass is 10.2. The third kappa shape index (κ3) is 2.02. The molecule has 0 saturated heterocycles. The normalized spacial score (nSPS) is 11.8. The summed E-state index contributed by atoms with van der Waals surface area (Å²) >= 11 is 0. The summed E-state index contributed by atoms with van der Waals surface area (Å²) in [6.45, 7) is 0. The Morgan fingerprint density at radius 3 is 2.50 bits per heavy atom. The maximum atomic E-state index is 11.2. The second-order valence-electron chi connectivity index (χ2n) is 4.11. The maximum Gasteiger partial charge on any atom is 0.298 e. The van der Waals surface area contributed by atoms with Crippen LogP contribution < -0.4 is 0 Å². The fourth-order valence-electron chi connectivity index (χ4n) is 1.89. The van der Waals surface area contributed by atoms with E-state index in [9.17, 15) is 13.5 Å². The van der Waals surface area contributed by atoms with Gasteiger partial charge in [-0.1, -0.05) is 18.2 Å². The van der Waals surface area contributed by atoms with Crippen LogP contribution in [-0.2, 0) is 10.1 Å². The van der Waals surface area contributed by atoms with E-state index >= 15 is 0 Å². The molecular weight excluding hydrogens is 282 g/mol. The molecule has 2 aromatic carbocycles. The number of aromatic hydroxyl groups is 1. The lowest BCUT2D eigenvalue weighted by Gasteiger charge is -2.04. The molecule has 0 aliphatic carbocycles. The van der Waals surface area contributed by atoms with Crippen LogP contribution in [0.5, 0.6) is 5.75 Å². The van der Waals surface area contributed by atoms with E-state index < -0.39 is 20.8 Å². The summed E-state index contributed by atoms with van der Waals surface area (Å²) in [5, 5.41) is 9.96. The Hall–Kier alpha value is -2.38. The summed E-state index contributed by atoms with van der Waals surface area (Å²) in [6.07, 6.45) is 0. The van der Waals surface area contributed by atoms with Crippen LogP contribution in [-0.4, -0.2) is 23.1 Å². The van der Waals surface area contributed by atoms with Crippen LogP contribution in [0.15, 0.2) is 51.8 Å². The summed E-state index contributed by atoms with van der Waals surface area (Å²) in [7, 11) is -4.51. The number of phenols is 1. The van der Waals surface area contributed by atoms with Crippen molar-refractivity contribution in [1.82, 2.24) is 4.98 Å². The molecule has 0 aliphatic heterocycles. The molecule has 0 radical (unpaired) electrons. The first-order valence-corrected chi connectivity index (χ1v) is 7.06. The van der Waals surface area contributed by atoms with Crippen molar-refractivity contribution in [2.24, 2.45) is 0 Å². The van der Waals surface area contributed by atoms with E-state index in [1.54, 1.807) is 24.3 Å². The highest BCUT2D eigenvalue weighted by Crippen LogP contribution is 2.35.